The largest absolute Gasteiger partial charge is 0.497 e. The summed E-state index contributed by atoms with van der Waals surface area (Å²) in [6.07, 6.45) is 2.61. The second-order valence-electron chi connectivity index (χ2n) is 6.05. The molecule has 8 heteroatoms. The van der Waals surface area contributed by atoms with Crippen molar-refractivity contribution in [2.45, 2.75) is 12.8 Å². The zero-order chi connectivity index (χ0) is 19.9. The molecule has 1 N–H and O–H groups in total. The molecule has 1 amide bonds. The first-order chi connectivity index (χ1) is 12.8. The summed E-state index contributed by atoms with van der Waals surface area (Å²) in [5.74, 6) is 0.156. The molecule has 0 saturated heterocycles. The maximum atomic E-state index is 12.2. The van der Waals surface area contributed by atoms with Crippen LogP contribution in [0.3, 0.4) is 0 Å². The van der Waals surface area contributed by atoms with Crippen molar-refractivity contribution in [2.24, 2.45) is 0 Å². The van der Waals surface area contributed by atoms with Gasteiger partial charge in [-0.15, -0.1) is 0 Å². The number of amides is 1. The molecule has 0 saturated carbocycles. The van der Waals surface area contributed by atoms with E-state index in [1.807, 2.05) is 24.3 Å². The van der Waals surface area contributed by atoms with Crippen LogP contribution in [-0.2, 0) is 21.2 Å². The minimum Gasteiger partial charge on any atom is -0.497 e. The van der Waals surface area contributed by atoms with E-state index in [2.05, 4.69) is 5.32 Å². The molecule has 27 heavy (non-hydrogen) atoms. The molecule has 146 valence electrons. The second kappa shape index (κ2) is 9.62. The molecule has 6 nitrogen and oxygen atoms in total. The van der Waals surface area contributed by atoms with Crippen LogP contribution in [0.4, 0.5) is 5.69 Å². The first kappa shape index (κ1) is 21.1. The fraction of sp³-hybridized carbons (Fsp3) is 0.316. The van der Waals surface area contributed by atoms with Crippen molar-refractivity contribution in [2.75, 3.05) is 30.8 Å². The minimum atomic E-state index is -3.61. The maximum absolute atomic E-state index is 12.2. The van der Waals surface area contributed by atoms with Gasteiger partial charge >= 0.3 is 0 Å². The molecule has 0 atom stereocenters. The SMILES string of the molecule is COc1cccc(N(CC(=O)NCCCc2ccc(Cl)cc2)S(C)(=O)=O)c1. The van der Waals surface area contributed by atoms with Crippen LogP contribution in [0.2, 0.25) is 5.02 Å². The Morgan fingerprint density at radius 1 is 1.19 bits per heavy atom. The van der Waals surface area contributed by atoms with Gasteiger partial charge in [-0.05, 0) is 42.7 Å². The number of carbonyl (C=O) groups is 1. The third-order valence-corrected chi connectivity index (χ3v) is 5.30. The predicted molar refractivity (Wildman–Crippen MR) is 108 cm³/mol. The van der Waals surface area contributed by atoms with E-state index in [0.717, 1.165) is 29.0 Å². The van der Waals surface area contributed by atoms with Gasteiger partial charge < -0.3 is 10.1 Å². The highest BCUT2D eigenvalue weighted by atomic mass is 35.5. The van der Waals surface area contributed by atoms with Crippen molar-refractivity contribution in [1.29, 1.82) is 0 Å². The Labute approximate surface area is 165 Å². The van der Waals surface area contributed by atoms with Gasteiger partial charge in [-0.25, -0.2) is 8.42 Å². The Bertz CT molecular complexity index is 870. The summed E-state index contributed by atoms with van der Waals surface area (Å²) in [5.41, 5.74) is 1.51. The molecule has 2 rings (SSSR count). The van der Waals surface area contributed by atoms with Crippen molar-refractivity contribution in [3.63, 3.8) is 0 Å². The number of anilines is 1. The Kier molecular flexibility index (Phi) is 7.50. The Morgan fingerprint density at radius 3 is 2.52 bits per heavy atom. The standard InChI is InChI=1S/C19H23ClN2O4S/c1-26-18-7-3-6-17(13-18)22(27(2,24)25)14-19(23)21-12-4-5-15-8-10-16(20)11-9-15/h3,6-11,13H,4-5,12,14H2,1-2H3,(H,21,23). The fourth-order valence-corrected chi connectivity index (χ4v) is 3.50. The number of hydrogen-bond acceptors (Lipinski definition) is 4. The van der Waals surface area contributed by atoms with E-state index < -0.39 is 10.0 Å². The summed E-state index contributed by atoms with van der Waals surface area (Å²) in [6, 6.07) is 14.1. The van der Waals surface area contributed by atoms with E-state index in [4.69, 9.17) is 16.3 Å². The predicted octanol–water partition coefficient (Wildman–Crippen LogP) is 2.86. The second-order valence-corrected chi connectivity index (χ2v) is 8.39. The van der Waals surface area contributed by atoms with Gasteiger partial charge in [-0.3, -0.25) is 9.10 Å². The van der Waals surface area contributed by atoms with E-state index in [1.54, 1.807) is 24.3 Å². The minimum absolute atomic E-state index is 0.285. The lowest BCUT2D eigenvalue weighted by Crippen LogP contribution is -2.40. The lowest BCUT2D eigenvalue weighted by Gasteiger charge is -2.22. The summed E-state index contributed by atoms with van der Waals surface area (Å²) in [6.45, 7) is 0.171. The summed E-state index contributed by atoms with van der Waals surface area (Å²) in [4.78, 5) is 12.2. The van der Waals surface area contributed by atoms with Crippen LogP contribution in [0.5, 0.6) is 5.75 Å². The zero-order valence-corrected chi connectivity index (χ0v) is 16.9. The van der Waals surface area contributed by atoms with Crippen molar-refractivity contribution in [3.05, 3.63) is 59.1 Å². The monoisotopic (exact) mass is 410 g/mol. The van der Waals surface area contributed by atoms with Gasteiger partial charge in [-0.2, -0.15) is 0 Å². The van der Waals surface area contributed by atoms with Gasteiger partial charge in [0.15, 0.2) is 0 Å². The fourth-order valence-electron chi connectivity index (χ4n) is 2.52. The van der Waals surface area contributed by atoms with Crippen LogP contribution in [0, 0.1) is 0 Å². The van der Waals surface area contributed by atoms with Crippen molar-refractivity contribution >= 4 is 33.2 Å². The highest BCUT2D eigenvalue weighted by Gasteiger charge is 2.21. The number of methoxy groups -OCH3 is 1. The lowest BCUT2D eigenvalue weighted by molar-refractivity contribution is -0.119. The summed E-state index contributed by atoms with van der Waals surface area (Å²) in [7, 11) is -2.11. The highest BCUT2D eigenvalue weighted by molar-refractivity contribution is 7.92. The van der Waals surface area contributed by atoms with Gasteiger partial charge in [0.25, 0.3) is 0 Å². The molecule has 0 spiro atoms. The number of hydrogen-bond donors (Lipinski definition) is 1. The van der Waals surface area contributed by atoms with Gasteiger partial charge in [0.05, 0.1) is 19.1 Å². The zero-order valence-electron chi connectivity index (χ0n) is 15.3. The van der Waals surface area contributed by atoms with Crippen LogP contribution in [0.25, 0.3) is 0 Å². The van der Waals surface area contributed by atoms with E-state index in [9.17, 15) is 13.2 Å². The molecule has 2 aromatic carbocycles. The summed E-state index contributed by atoms with van der Waals surface area (Å²) >= 11 is 5.85. The number of nitrogens with zero attached hydrogens (tertiary/aromatic N) is 1. The smallest absolute Gasteiger partial charge is 0.240 e. The van der Waals surface area contributed by atoms with Crippen LogP contribution in [0.15, 0.2) is 48.5 Å². The number of halogens is 1. The van der Waals surface area contributed by atoms with Gasteiger partial charge in [0, 0.05) is 17.6 Å². The van der Waals surface area contributed by atoms with Crippen LogP contribution < -0.4 is 14.4 Å². The Hall–Kier alpha value is -2.25. The molecule has 0 radical (unpaired) electrons. The molecule has 0 heterocycles. The third-order valence-electron chi connectivity index (χ3n) is 3.91. The quantitative estimate of drug-likeness (QED) is 0.645. The van der Waals surface area contributed by atoms with Crippen LogP contribution >= 0.6 is 11.6 Å². The van der Waals surface area contributed by atoms with Gasteiger partial charge in [-0.1, -0.05) is 29.8 Å². The van der Waals surface area contributed by atoms with Gasteiger partial charge in [0.2, 0.25) is 15.9 Å². The number of aryl methyl sites for hydroxylation is 1. The molecule has 0 unspecified atom stereocenters. The average Bonchev–Trinajstić information content (AvgIpc) is 2.64. The molecular formula is C19H23ClN2O4S. The normalized spacial score (nSPS) is 11.1. The molecular weight excluding hydrogens is 388 g/mol. The van der Waals surface area contributed by atoms with E-state index >= 15 is 0 Å². The van der Waals surface area contributed by atoms with Crippen molar-refractivity contribution in [3.8, 4) is 5.75 Å². The number of nitrogens with one attached hydrogen (secondary N) is 1. The number of ether oxygens (including phenoxy) is 1. The summed E-state index contributed by atoms with van der Waals surface area (Å²) in [5, 5.41) is 3.45. The topological polar surface area (TPSA) is 75.7 Å². The summed E-state index contributed by atoms with van der Waals surface area (Å²) < 4.78 is 30.4. The third kappa shape index (κ3) is 6.77. The number of rotatable bonds is 9. The van der Waals surface area contributed by atoms with Crippen LogP contribution in [0.1, 0.15) is 12.0 Å². The Morgan fingerprint density at radius 2 is 1.89 bits per heavy atom. The van der Waals surface area contributed by atoms with Crippen molar-refractivity contribution < 1.29 is 17.9 Å². The Balaban J connectivity index is 1.91. The van der Waals surface area contributed by atoms with E-state index in [1.165, 1.54) is 7.11 Å². The molecule has 0 bridgehead atoms. The lowest BCUT2D eigenvalue weighted by atomic mass is 10.1. The molecule has 2 aromatic rings. The highest BCUT2D eigenvalue weighted by Crippen LogP contribution is 2.22. The van der Waals surface area contributed by atoms with Crippen molar-refractivity contribution in [1.82, 2.24) is 5.32 Å². The molecule has 0 aliphatic heterocycles. The molecule has 0 aromatic heterocycles. The van der Waals surface area contributed by atoms with Crippen LogP contribution in [-0.4, -0.2) is 40.8 Å². The molecule has 0 fully saturated rings. The van der Waals surface area contributed by atoms with E-state index in [-0.39, 0.29) is 12.5 Å². The number of carbonyl (C=O) groups excluding carboxylic acids is 1. The van der Waals surface area contributed by atoms with E-state index in [0.29, 0.717) is 23.0 Å². The molecule has 0 aliphatic carbocycles. The number of benzene rings is 2. The first-order valence-corrected chi connectivity index (χ1v) is 10.6. The maximum Gasteiger partial charge on any atom is 0.240 e. The average molecular weight is 411 g/mol. The van der Waals surface area contributed by atoms with Gasteiger partial charge in [0.1, 0.15) is 12.3 Å². The first-order valence-electron chi connectivity index (χ1n) is 8.42. The molecule has 0 aliphatic rings. The number of sulfonamides is 1.